The highest BCUT2D eigenvalue weighted by atomic mass is 32.2. The summed E-state index contributed by atoms with van der Waals surface area (Å²) in [6.07, 6.45) is 4.86. The van der Waals surface area contributed by atoms with E-state index in [4.69, 9.17) is 4.74 Å². The summed E-state index contributed by atoms with van der Waals surface area (Å²) in [5, 5.41) is 15.1. The van der Waals surface area contributed by atoms with E-state index in [2.05, 4.69) is 10.6 Å². The van der Waals surface area contributed by atoms with Gasteiger partial charge in [0.15, 0.2) is 0 Å². The van der Waals surface area contributed by atoms with Gasteiger partial charge in [-0.2, -0.15) is 0 Å². The van der Waals surface area contributed by atoms with Gasteiger partial charge in [-0.25, -0.2) is 9.59 Å². The van der Waals surface area contributed by atoms with E-state index in [1.807, 2.05) is 6.07 Å². The molecule has 3 N–H and O–H groups in total. The SMILES string of the molecule is COC(=O)c1c(NC(=O)C(C)Sc2cccc(NC(=O)c3ccccc3C(=O)O)c2)sc2c1CCCCC2. The number of anilines is 2. The van der Waals surface area contributed by atoms with Gasteiger partial charge < -0.3 is 20.5 Å². The number of carbonyl (C=O) groups excluding carboxylic acids is 3. The van der Waals surface area contributed by atoms with Crippen molar-refractivity contribution in [2.24, 2.45) is 0 Å². The van der Waals surface area contributed by atoms with Crippen LogP contribution in [0.4, 0.5) is 10.7 Å². The second kappa shape index (κ2) is 12.3. The van der Waals surface area contributed by atoms with Crippen molar-refractivity contribution in [1.82, 2.24) is 0 Å². The van der Waals surface area contributed by atoms with E-state index in [0.717, 1.165) is 47.4 Å². The van der Waals surface area contributed by atoms with Crippen LogP contribution < -0.4 is 10.6 Å². The third kappa shape index (κ3) is 6.25. The number of aryl methyl sites for hydroxylation is 1. The Hall–Kier alpha value is -3.63. The fourth-order valence-electron chi connectivity index (χ4n) is 4.33. The molecule has 10 heteroatoms. The number of carbonyl (C=O) groups is 4. The number of fused-ring (bicyclic) bond motifs is 1. The van der Waals surface area contributed by atoms with Crippen LogP contribution in [0.5, 0.6) is 0 Å². The van der Waals surface area contributed by atoms with Gasteiger partial charge >= 0.3 is 11.9 Å². The number of carboxylic acid groups (broad SMARTS) is 1. The quantitative estimate of drug-likeness (QED) is 0.181. The third-order valence-corrected chi connectivity index (χ3v) is 8.52. The number of rotatable bonds is 8. The Bertz CT molecular complexity index is 1380. The van der Waals surface area contributed by atoms with Crippen LogP contribution in [0.25, 0.3) is 0 Å². The molecule has 38 heavy (non-hydrogen) atoms. The molecule has 1 aliphatic rings. The number of methoxy groups -OCH3 is 1. The van der Waals surface area contributed by atoms with Crippen molar-refractivity contribution in [3.05, 3.63) is 75.7 Å². The van der Waals surface area contributed by atoms with Crippen LogP contribution in [0.1, 0.15) is 67.7 Å². The number of hydrogen-bond donors (Lipinski definition) is 3. The molecule has 0 spiro atoms. The minimum absolute atomic E-state index is 0.0570. The largest absolute Gasteiger partial charge is 0.478 e. The molecule has 0 aliphatic heterocycles. The van der Waals surface area contributed by atoms with Gasteiger partial charge in [-0.1, -0.05) is 24.6 Å². The lowest BCUT2D eigenvalue weighted by Gasteiger charge is -2.14. The average Bonchev–Trinajstić information content (AvgIpc) is 3.07. The molecular weight excluding hydrogens is 524 g/mol. The fraction of sp³-hybridized carbons (Fsp3) is 0.286. The maximum Gasteiger partial charge on any atom is 0.341 e. The van der Waals surface area contributed by atoms with Gasteiger partial charge in [0.25, 0.3) is 5.91 Å². The first-order chi connectivity index (χ1) is 18.3. The highest BCUT2D eigenvalue weighted by molar-refractivity contribution is 8.00. The first-order valence-corrected chi connectivity index (χ1v) is 13.9. The van der Waals surface area contributed by atoms with Crippen LogP contribution in [0.15, 0.2) is 53.4 Å². The Balaban J connectivity index is 1.46. The molecule has 198 valence electrons. The van der Waals surface area contributed by atoms with Crippen LogP contribution in [-0.2, 0) is 22.4 Å². The molecule has 4 rings (SSSR count). The number of amides is 2. The minimum Gasteiger partial charge on any atom is -0.478 e. The number of esters is 1. The molecular formula is C28H28N2O6S2. The van der Waals surface area contributed by atoms with Gasteiger partial charge in [0.2, 0.25) is 5.91 Å². The maximum absolute atomic E-state index is 13.1. The number of aromatic carboxylic acids is 1. The summed E-state index contributed by atoms with van der Waals surface area (Å²) < 4.78 is 5.02. The van der Waals surface area contributed by atoms with Crippen molar-refractivity contribution in [3.8, 4) is 0 Å². The summed E-state index contributed by atoms with van der Waals surface area (Å²) in [4.78, 5) is 51.7. The normalized spacial score (nSPS) is 13.5. The summed E-state index contributed by atoms with van der Waals surface area (Å²) in [6.45, 7) is 1.77. The third-order valence-electron chi connectivity index (χ3n) is 6.22. The van der Waals surface area contributed by atoms with Crippen LogP contribution in [0.3, 0.4) is 0 Å². The molecule has 1 heterocycles. The van der Waals surface area contributed by atoms with Gasteiger partial charge in [0.1, 0.15) is 5.00 Å². The molecule has 3 aromatic rings. The second-order valence-corrected chi connectivity index (χ2v) is 11.4. The van der Waals surface area contributed by atoms with E-state index in [1.54, 1.807) is 37.3 Å². The molecule has 1 aromatic heterocycles. The number of ether oxygens (including phenoxy) is 1. The smallest absolute Gasteiger partial charge is 0.341 e. The van der Waals surface area contributed by atoms with Crippen molar-refractivity contribution in [1.29, 1.82) is 0 Å². The Morgan fingerprint density at radius 2 is 1.71 bits per heavy atom. The van der Waals surface area contributed by atoms with Crippen LogP contribution in [0, 0.1) is 0 Å². The lowest BCUT2D eigenvalue weighted by atomic mass is 10.1. The Morgan fingerprint density at radius 3 is 2.45 bits per heavy atom. The van der Waals surface area contributed by atoms with Crippen molar-refractivity contribution in [2.75, 3.05) is 17.7 Å². The number of hydrogen-bond acceptors (Lipinski definition) is 7. The summed E-state index contributed by atoms with van der Waals surface area (Å²) in [6, 6.07) is 13.0. The van der Waals surface area contributed by atoms with Crippen molar-refractivity contribution < 1.29 is 29.0 Å². The zero-order valence-corrected chi connectivity index (χ0v) is 22.7. The summed E-state index contributed by atoms with van der Waals surface area (Å²) in [5.74, 6) is -2.41. The lowest BCUT2D eigenvalue weighted by molar-refractivity contribution is -0.115. The lowest BCUT2D eigenvalue weighted by Crippen LogP contribution is -2.23. The average molecular weight is 553 g/mol. The molecule has 0 saturated heterocycles. The van der Waals surface area contributed by atoms with Crippen molar-refractivity contribution in [2.45, 2.75) is 49.2 Å². The number of nitrogens with one attached hydrogen (secondary N) is 2. The minimum atomic E-state index is -1.18. The zero-order chi connectivity index (χ0) is 27.2. The number of thioether (sulfide) groups is 1. The molecule has 0 bridgehead atoms. The fourth-order valence-corrected chi connectivity index (χ4v) is 6.54. The highest BCUT2D eigenvalue weighted by Crippen LogP contribution is 2.38. The summed E-state index contributed by atoms with van der Waals surface area (Å²) >= 11 is 2.76. The Labute approximate surface area is 228 Å². The number of thiophene rings is 1. The number of benzene rings is 2. The van der Waals surface area contributed by atoms with Crippen LogP contribution >= 0.6 is 23.1 Å². The first kappa shape index (κ1) is 27.4. The van der Waals surface area contributed by atoms with Crippen LogP contribution in [0.2, 0.25) is 0 Å². The second-order valence-electron chi connectivity index (χ2n) is 8.84. The van der Waals surface area contributed by atoms with E-state index in [1.165, 1.54) is 42.3 Å². The maximum atomic E-state index is 13.1. The molecule has 1 unspecified atom stereocenters. The van der Waals surface area contributed by atoms with E-state index in [9.17, 15) is 24.3 Å². The Kier molecular flexibility index (Phi) is 8.85. The molecule has 1 aliphatic carbocycles. The molecule has 0 radical (unpaired) electrons. The van der Waals surface area contributed by atoms with E-state index < -0.39 is 23.1 Å². The van der Waals surface area contributed by atoms with Crippen molar-refractivity contribution >= 4 is 57.5 Å². The van der Waals surface area contributed by atoms with Gasteiger partial charge in [-0.05, 0) is 68.5 Å². The van der Waals surface area contributed by atoms with Crippen LogP contribution in [-0.4, -0.2) is 41.2 Å². The van der Waals surface area contributed by atoms with E-state index in [0.29, 0.717) is 16.3 Å². The van der Waals surface area contributed by atoms with Crippen molar-refractivity contribution in [3.63, 3.8) is 0 Å². The van der Waals surface area contributed by atoms with Gasteiger partial charge in [-0.15, -0.1) is 23.1 Å². The molecule has 2 aromatic carbocycles. The van der Waals surface area contributed by atoms with E-state index >= 15 is 0 Å². The molecule has 0 fully saturated rings. The van der Waals surface area contributed by atoms with E-state index in [-0.39, 0.29) is 17.0 Å². The van der Waals surface area contributed by atoms with Gasteiger partial charge in [-0.3, -0.25) is 9.59 Å². The van der Waals surface area contributed by atoms with Gasteiger partial charge in [0, 0.05) is 15.5 Å². The topological polar surface area (TPSA) is 122 Å². The monoisotopic (exact) mass is 552 g/mol. The predicted octanol–water partition coefficient (Wildman–Crippen LogP) is 5.87. The molecule has 2 amide bonds. The first-order valence-electron chi connectivity index (χ1n) is 12.2. The molecule has 0 saturated carbocycles. The summed E-state index contributed by atoms with van der Waals surface area (Å²) in [5.41, 5.74) is 1.90. The molecule has 1 atom stereocenters. The van der Waals surface area contributed by atoms with Gasteiger partial charge in [0.05, 0.1) is 29.1 Å². The molecule has 8 nitrogen and oxygen atoms in total. The Morgan fingerprint density at radius 1 is 0.974 bits per heavy atom. The predicted molar refractivity (Wildman–Crippen MR) is 149 cm³/mol. The highest BCUT2D eigenvalue weighted by Gasteiger charge is 2.27. The standard InChI is InChI=1S/C28H28N2O6S2/c1-16(24(31)30-26-23(28(35)36-2)21-13-4-3-5-14-22(21)38-26)37-18-10-8-9-17(15-18)29-25(32)19-11-6-7-12-20(19)27(33)34/h6-12,15-16H,3-5,13-14H2,1-2H3,(H,29,32)(H,30,31)(H,33,34). The zero-order valence-electron chi connectivity index (χ0n) is 21.0. The summed E-state index contributed by atoms with van der Waals surface area (Å²) in [7, 11) is 1.35. The number of carboxylic acids is 1.